The van der Waals surface area contributed by atoms with Gasteiger partial charge < -0.3 is 15.0 Å². The van der Waals surface area contributed by atoms with Crippen LogP contribution in [0.1, 0.15) is 36.6 Å². The monoisotopic (exact) mass is 434 g/mol. The maximum atomic E-state index is 12.7. The molecule has 31 heavy (non-hydrogen) atoms. The molecular formula is C24H26N4O2S. The average Bonchev–Trinajstić information content (AvgIpc) is 2.77. The standard InChI is InChI=1S/C24H26N4O2S/c1-5-30-23(29)21-16(2)26-24(31-15-19-9-7-6-8-18(19)14-25)27-22(21)17-10-12-20(13-11-17)28(3)4/h6-13,22H,5,15H2,1-4H3,(H,26,27)/t22-/m1/s1. The van der Waals surface area contributed by atoms with Crippen LogP contribution in [0.4, 0.5) is 5.69 Å². The second-order valence-corrected chi connectivity index (χ2v) is 8.23. The average molecular weight is 435 g/mol. The Kier molecular flexibility index (Phi) is 7.37. The van der Waals surface area contributed by atoms with E-state index in [1.807, 2.05) is 74.4 Å². The van der Waals surface area contributed by atoms with Crippen LogP contribution in [0.3, 0.4) is 0 Å². The van der Waals surface area contributed by atoms with Gasteiger partial charge in [0, 0.05) is 31.2 Å². The fraction of sp³-hybridized carbons (Fsp3) is 0.292. The molecule has 1 aliphatic heterocycles. The molecular weight excluding hydrogens is 408 g/mol. The van der Waals surface area contributed by atoms with Crippen molar-refractivity contribution in [1.29, 1.82) is 5.26 Å². The number of ether oxygens (including phenoxy) is 1. The zero-order chi connectivity index (χ0) is 22.4. The number of aliphatic imine (C=N–C) groups is 1. The molecule has 0 bridgehead atoms. The van der Waals surface area contributed by atoms with E-state index >= 15 is 0 Å². The summed E-state index contributed by atoms with van der Waals surface area (Å²) in [6.45, 7) is 3.96. The summed E-state index contributed by atoms with van der Waals surface area (Å²) in [5.74, 6) is 0.237. The van der Waals surface area contributed by atoms with Crippen molar-refractivity contribution in [2.45, 2.75) is 25.6 Å². The zero-order valence-electron chi connectivity index (χ0n) is 18.2. The first-order valence-electron chi connectivity index (χ1n) is 10.0. The van der Waals surface area contributed by atoms with Crippen LogP contribution < -0.4 is 10.2 Å². The Morgan fingerprint density at radius 1 is 1.23 bits per heavy atom. The molecule has 0 unspecified atom stereocenters. The molecule has 0 amide bonds. The highest BCUT2D eigenvalue weighted by atomic mass is 32.2. The van der Waals surface area contributed by atoms with E-state index in [9.17, 15) is 10.1 Å². The number of nitrogens with zero attached hydrogens (tertiary/aromatic N) is 3. The second kappa shape index (κ2) is 10.2. The van der Waals surface area contributed by atoms with Crippen LogP contribution in [0, 0.1) is 11.3 Å². The maximum Gasteiger partial charge on any atom is 0.338 e. The number of allylic oxidation sites excluding steroid dienone is 1. The van der Waals surface area contributed by atoms with Crippen molar-refractivity contribution in [2.75, 3.05) is 25.6 Å². The van der Waals surface area contributed by atoms with Gasteiger partial charge >= 0.3 is 5.97 Å². The van der Waals surface area contributed by atoms with Crippen LogP contribution in [0.15, 0.2) is 64.8 Å². The summed E-state index contributed by atoms with van der Waals surface area (Å²) < 4.78 is 5.30. The number of esters is 1. The number of carbonyl (C=O) groups excluding carboxylic acids is 1. The van der Waals surface area contributed by atoms with E-state index in [0.29, 0.717) is 28.7 Å². The molecule has 0 saturated heterocycles. The highest BCUT2D eigenvalue weighted by molar-refractivity contribution is 8.13. The number of nitrogens with one attached hydrogen (secondary N) is 1. The Morgan fingerprint density at radius 3 is 2.58 bits per heavy atom. The predicted octanol–water partition coefficient (Wildman–Crippen LogP) is 4.40. The molecule has 1 N–H and O–H groups in total. The fourth-order valence-corrected chi connectivity index (χ4v) is 4.24. The molecule has 2 aromatic carbocycles. The smallest absolute Gasteiger partial charge is 0.338 e. The quantitative estimate of drug-likeness (QED) is 0.679. The van der Waals surface area contributed by atoms with Gasteiger partial charge in [0.15, 0.2) is 5.17 Å². The fourth-order valence-electron chi connectivity index (χ4n) is 3.29. The first-order valence-corrected chi connectivity index (χ1v) is 11.0. The lowest BCUT2D eigenvalue weighted by Crippen LogP contribution is -2.30. The maximum absolute atomic E-state index is 12.7. The number of nitriles is 1. The molecule has 0 saturated carbocycles. The Balaban J connectivity index is 1.91. The van der Waals surface area contributed by atoms with Gasteiger partial charge in [0.25, 0.3) is 0 Å². The molecule has 6 nitrogen and oxygen atoms in total. The largest absolute Gasteiger partial charge is 0.463 e. The summed E-state index contributed by atoms with van der Waals surface area (Å²) >= 11 is 1.51. The van der Waals surface area contributed by atoms with Gasteiger partial charge in [-0.1, -0.05) is 42.1 Å². The number of benzene rings is 2. The second-order valence-electron chi connectivity index (χ2n) is 7.26. The van der Waals surface area contributed by atoms with Crippen molar-refractivity contribution >= 4 is 28.6 Å². The van der Waals surface area contributed by atoms with E-state index < -0.39 is 6.04 Å². The SMILES string of the molecule is CCOC(=O)C1=C(C)NC(SCc2ccccc2C#N)=N[C@@H]1c1ccc(N(C)C)cc1. The van der Waals surface area contributed by atoms with Gasteiger partial charge in [-0.25, -0.2) is 9.79 Å². The predicted molar refractivity (Wildman–Crippen MR) is 126 cm³/mol. The van der Waals surface area contributed by atoms with Gasteiger partial charge in [-0.3, -0.25) is 0 Å². The summed E-state index contributed by atoms with van der Waals surface area (Å²) in [6.07, 6.45) is 0. The van der Waals surface area contributed by atoms with E-state index in [2.05, 4.69) is 11.4 Å². The molecule has 2 aromatic rings. The molecule has 1 atom stereocenters. The van der Waals surface area contributed by atoms with E-state index in [1.54, 1.807) is 6.92 Å². The van der Waals surface area contributed by atoms with Crippen molar-refractivity contribution < 1.29 is 9.53 Å². The molecule has 1 heterocycles. The van der Waals surface area contributed by atoms with E-state index in [1.165, 1.54) is 11.8 Å². The summed E-state index contributed by atoms with van der Waals surface area (Å²) in [4.78, 5) is 19.6. The van der Waals surface area contributed by atoms with Crippen LogP contribution in [0.2, 0.25) is 0 Å². The van der Waals surface area contributed by atoms with Gasteiger partial charge in [0.05, 0.1) is 23.8 Å². The van der Waals surface area contributed by atoms with Crippen molar-refractivity contribution in [2.24, 2.45) is 4.99 Å². The van der Waals surface area contributed by atoms with Crippen LogP contribution >= 0.6 is 11.8 Å². The summed E-state index contributed by atoms with van der Waals surface area (Å²) in [7, 11) is 3.97. The Hall–Kier alpha value is -3.24. The topological polar surface area (TPSA) is 77.7 Å². The number of carbonyl (C=O) groups is 1. The molecule has 7 heteroatoms. The molecule has 0 radical (unpaired) electrons. The lowest BCUT2D eigenvalue weighted by molar-refractivity contribution is -0.138. The number of thioether (sulfide) groups is 1. The summed E-state index contributed by atoms with van der Waals surface area (Å²) in [5, 5.41) is 13.3. The lowest BCUT2D eigenvalue weighted by atomic mass is 9.96. The first kappa shape index (κ1) is 22.4. The van der Waals surface area contributed by atoms with E-state index in [-0.39, 0.29) is 5.97 Å². The molecule has 3 rings (SSSR count). The third-order valence-corrected chi connectivity index (χ3v) is 5.88. The van der Waals surface area contributed by atoms with Crippen LogP contribution in [0.5, 0.6) is 0 Å². The first-order chi connectivity index (χ1) is 14.9. The third-order valence-electron chi connectivity index (χ3n) is 4.94. The minimum Gasteiger partial charge on any atom is -0.463 e. The Bertz CT molecular complexity index is 1050. The lowest BCUT2D eigenvalue weighted by Gasteiger charge is -2.26. The number of amidine groups is 1. The van der Waals surface area contributed by atoms with Crippen molar-refractivity contribution in [1.82, 2.24) is 5.32 Å². The summed E-state index contributed by atoms with van der Waals surface area (Å²) in [5.41, 5.74) is 4.84. The van der Waals surface area contributed by atoms with Gasteiger partial charge in [-0.15, -0.1) is 0 Å². The van der Waals surface area contributed by atoms with Gasteiger partial charge in [-0.2, -0.15) is 5.26 Å². The van der Waals surface area contributed by atoms with Gasteiger partial charge in [0.2, 0.25) is 0 Å². The van der Waals surface area contributed by atoms with Crippen molar-refractivity contribution in [3.8, 4) is 6.07 Å². The van der Waals surface area contributed by atoms with Crippen molar-refractivity contribution in [3.05, 3.63) is 76.5 Å². The molecule has 0 aliphatic carbocycles. The molecule has 1 aliphatic rings. The van der Waals surface area contributed by atoms with Gasteiger partial charge in [-0.05, 0) is 43.2 Å². The molecule has 0 aromatic heterocycles. The minimum absolute atomic E-state index is 0.304. The summed E-state index contributed by atoms with van der Waals surface area (Å²) in [6, 6.07) is 17.3. The minimum atomic E-state index is -0.453. The molecule has 0 spiro atoms. The van der Waals surface area contributed by atoms with E-state index in [0.717, 1.165) is 22.5 Å². The zero-order valence-corrected chi connectivity index (χ0v) is 19.0. The normalized spacial score (nSPS) is 15.6. The van der Waals surface area contributed by atoms with Crippen LogP contribution in [0.25, 0.3) is 0 Å². The highest BCUT2D eigenvalue weighted by Crippen LogP contribution is 2.34. The Labute approximate surface area is 187 Å². The third kappa shape index (κ3) is 5.28. The van der Waals surface area contributed by atoms with Crippen LogP contribution in [-0.2, 0) is 15.3 Å². The van der Waals surface area contributed by atoms with Gasteiger partial charge in [0.1, 0.15) is 6.04 Å². The highest BCUT2D eigenvalue weighted by Gasteiger charge is 2.30. The Morgan fingerprint density at radius 2 is 1.94 bits per heavy atom. The number of rotatable bonds is 6. The number of hydrogen-bond acceptors (Lipinski definition) is 7. The van der Waals surface area contributed by atoms with Crippen LogP contribution in [-0.4, -0.2) is 31.8 Å². The van der Waals surface area contributed by atoms with Crippen molar-refractivity contribution in [3.63, 3.8) is 0 Å². The number of anilines is 1. The number of hydrogen-bond donors (Lipinski definition) is 1. The molecule has 0 fully saturated rings. The van der Waals surface area contributed by atoms with E-state index in [4.69, 9.17) is 9.73 Å². The molecule has 160 valence electrons.